The van der Waals surface area contributed by atoms with Gasteiger partial charge in [-0.05, 0) is 30.2 Å². The van der Waals surface area contributed by atoms with Gasteiger partial charge in [0.05, 0.1) is 5.25 Å². The number of hydrogen-bond donors (Lipinski definition) is 1. The molecule has 0 aliphatic heterocycles. The lowest BCUT2D eigenvalue weighted by atomic mass is 10.1. The number of nitrogens with two attached hydrogens (primary N) is 1. The third-order valence-corrected chi connectivity index (χ3v) is 5.93. The van der Waals surface area contributed by atoms with Gasteiger partial charge in [-0.2, -0.15) is 0 Å². The Kier molecular flexibility index (Phi) is 3.48. The number of hydrogen-bond acceptors (Lipinski definition) is 3. The van der Waals surface area contributed by atoms with Crippen LogP contribution in [0.3, 0.4) is 0 Å². The fraction of sp³-hybridized carbons (Fsp3) is 0.500. The quantitative estimate of drug-likeness (QED) is 0.910. The van der Waals surface area contributed by atoms with E-state index < -0.39 is 9.84 Å². The van der Waals surface area contributed by atoms with Crippen LogP contribution >= 0.6 is 11.6 Å². The summed E-state index contributed by atoms with van der Waals surface area (Å²) in [5.41, 5.74) is 6.63. The van der Waals surface area contributed by atoms with E-state index in [4.69, 9.17) is 17.3 Å². The monoisotopic (exact) mass is 273 g/mol. The molecular weight excluding hydrogens is 258 g/mol. The van der Waals surface area contributed by atoms with Gasteiger partial charge in [-0.1, -0.05) is 30.7 Å². The van der Waals surface area contributed by atoms with Crippen LogP contribution in [0.4, 0.5) is 0 Å². The molecule has 0 radical (unpaired) electrons. The Labute approximate surface area is 107 Å². The van der Waals surface area contributed by atoms with Crippen molar-refractivity contribution in [1.82, 2.24) is 0 Å². The van der Waals surface area contributed by atoms with Crippen molar-refractivity contribution in [3.8, 4) is 0 Å². The standard InChI is InChI=1S/C12H16ClNO2S/c1-2-17(15,16)12-10(7-14)11(12)8-4-3-5-9(13)6-8/h3-6,10-12H,2,7,14H2,1H3/t10-,11-,12-/m1/s1. The van der Waals surface area contributed by atoms with Gasteiger partial charge in [-0.3, -0.25) is 0 Å². The molecule has 17 heavy (non-hydrogen) atoms. The summed E-state index contributed by atoms with van der Waals surface area (Å²) in [7, 11) is -3.02. The molecule has 0 heterocycles. The molecule has 1 aliphatic rings. The van der Waals surface area contributed by atoms with Crippen LogP contribution in [0.5, 0.6) is 0 Å². The second-order valence-corrected chi connectivity index (χ2v) is 7.28. The number of sulfone groups is 1. The first-order valence-corrected chi connectivity index (χ1v) is 7.77. The fourth-order valence-electron chi connectivity index (χ4n) is 2.46. The summed E-state index contributed by atoms with van der Waals surface area (Å²) in [6, 6.07) is 7.39. The van der Waals surface area contributed by atoms with E-state index >= 15 is 0 Å². The first kappa shape index (κ1) is 12.9. The highest BCUT2D eigenvalue weighted by atomic mass is 35.5. The zero-order valence-electron chi connectivity index (χ0n) is 9.64. The van der Waals surface area contributed by atoms with Crippen molar-refractivity contribution < 1.29 is 8.42 Å². The Hall–Kier alpha value is -0.580. The normalized spacial score (nSPS) is 28.1. The molecule has 5 heteroatoms. The zero-order chi connectivity index (χ0) is 12.6. The third kappa shape index (κ3) is 2.34. The van der Waals surface area contributed by atoms with Gasteiger partial charge in [0.2, 0.25) is 0 Å². The molecule has 3 nitrogen and oxygen atoms in total. The summed E-state index contributed by atoms with van der Waals surface area (Å²) in [4.78, 5) is 0. The van der Waals surface area contributed by atoms with Crippen LogP contribution in [-0.2, 0) is 9.84 Å². The maximum atomic E-state index is 11.9. The lowest BCUT2D eigenvalue weighted by molar-refractivity contribution is 0.593. The predicted octanol–water partition coefficient (Wildman–Crippen LogP) is 1.82. The van der Waals surface area contributed by atoms with Gasteiger partial charge in [0.1, 0.15) is 0 Å². The molecule has 0 aromatic heterocycles. The molecule has 2 N–H and O–H groups in total. The van der Waals surface area contributed by atoms with Crippen molar-refractivity contribution in [1.29, 1.82) is 0 Å². The van der Waals surface area contributed by atoms with Crippen molar-refractivity contribution in [2.24, 2.45) is 11.7 Å². The van der Waals surface area contributed by atoms with Gasteiger partial charge in [-0.25, -0.2) is 8.42 Å². The zero-order valence-corrected chi connectivity index (χ0v) is 11.2. The summed E-state index contributed by atoms with van der Waals surface area (Å²) in [5.74, 6) is 0.229. The highest BCUT2D eigenvalue weighted by Crippen LogP contribution is 2.52. The number of rotatable bonds is 4. The Morgan fingerprint density at radius 3 is 2.65 bits per heavy atom. The largest absolute Gasteiger partial charge is 0.330 e. The van der Waals surface area contributed by atoms with Crippen LogP contribution < -0.4 is 5.73 Å². The molecule has 0 spiro atoms. The van der Waals surface area contributed by atoms with Crippen LogP contribution in [0.15, 0.2) is 24.3 Å². The summed E-state index contributed by atoms with van der Waals surface area (Å²) in [6.07, 6.45) is 0. The van der Waals surface area contributed by atoms with Gasteiger partial charge in [0.15, 0.2) is 9.84 Å². The Balaban J connectivity index is 2.29. The van der Waals surface area contributed by atoms with Crippen LogP contribution in [0.2, 0.25) is 5.02 Å². The van der Waals surface area contributed by atoms with Gasteiger partial charge in [-0.15, -0.1) is 0 Å². The molecule has 2 rings (SSSR count). The van der Waals surface area contributed by atoms with Crippen molar-refractivity contribution in [2.75, 3.05) is 12.3 Å². The van der Waals surface area contributed by atoms with Crippen LogP contribution in [0, 0.1) is 5.92 Å². The Morgan fingerprint density at radius 2 is 2.12 bits per heavy atom. The van der Waals surface area contributed by atoms with Gasteiger partial charge in [0.25, 0.3) is 0 Å². The van der Waals surface area contributed by atoms with Crippen LogP contribution in [-0.4, -0.2) is 26.0 Å². The molecule has 0 saturated heterocycles. The number of benzene rings is 1. The van der Waals surface area contributed by atoms with Gasteiger partial charge in [0, 0.05) is 16.7 Å². The highest BCUT2D eigenvalue weighted by Gasteiger charge is 2.56. The molecule has 3 atom stereocenters. The maximum absolute atomic E-state index is 11.9. The van der Waals surface area contributed by atoms with E-state index in [0.717, 1.165) is 5.56 Å². The summed E-state index contributed by atoms with van der Waals surface area (Å²) < 4.78 is 23.8. The minimum Gasteiger partial charge on any atom is -0.330 e. The SMILES string of the molecule is CCS(=O)(=O)[C@@H]1[C@H](CN)[C@H]1c1cccc(Cl)c1. The van der Waals surface area contributed by atoms with E-state index in [9.17, 15) is 8.42 Å². The minimum atomic E-state index is -3.02. The van der Waals surface area contributed by atoms with Crippen molar-refractivity contribution in [3.63, 3.8) is 0 Å². The molecular formula is C12H16ClNO2S. The predicted molar refractivity (Wildman–Crippen MR) is 70.0 cm³/mol. The smallest absolute Gasteiger partial charge is 0.153 e. The average molecular weight is 274 g/mol. The molecule has 0 amide bonds. The minimum absolute atomic E-state index is 0.0173. The van der Waals surface area contributed by atoms with Crippen molar-refractivity contribution in [3.05, 3.63) is 34.9 Å². The van der Waals surface area contributed by atoms with Crippen molar-refractivity contribution in [2.45, 2.75) is 18.1 Å². The lowest BCUT2D eigenvalue weighted by Crippen LogP contribution is -2.15. The molecule has 1 fully saturated rings. The van der Waals surface area contributed by atoms with Crippen LogP contribution in [0.1, 0.15) is 18.4 Å². The molecule has 1 aromatic carbocycles. The highest BCUT2D eigenvalue weighted by molar-refractivity contribution is 7.92. The van der Waals surface area contributed by atoms with Gasteiger partial charge < -0.3 is 5.73 Å². The number of halogens is 1. The average Bonchev–Trinajstić information content (AvgIpc) is 3.04. The molecule has 0 bridgehead atoms. The summed E-state index contributed by atoms with van der Waals surface area (Å²) in [5, 5.41) is 0.314. The molecule has 94 valence electrons. The molecule has 0 unspecified atom stereocenters. The lowest BCUT2D eigenvalue weighted by Gasteiger charge is -2.01. The van der Waals surface area contributed by atoms with Gasteiger partial charge >= 0.3 is 0 Å². The summed E-state index contributed by atoms with van der Waals surface area (Å²) >= 11 is 5.92. The van der Waals surface area contributed by atoms with Crippen LogP contribution in [0.25, 0.3) is 0 Å². The maximum Gasteiger partial charge on any atom is 0.153 e. The van der Waals surface area contributed by atoms with E-state index in [1.165, 1.54) is 0 Å². The Bertz CT molecular complexity index is 515. The topological polar surface area (TPSA) is 60.2 Å². The van der Waals surface area contributed by atoms with Crippen molar-refractivity contribution >= 4 is 21.4 Å². The fourth-order valence-corrected chi connectivity index (χ4v) is 4.57. The van der Waals surface area contributed by atoms with E-state index in [1.54, 1.807) is 13.0 Å². The van der Waals surface area contributed by atoms with E-state index in [1.807, 2.05) is 18.2 Å². The molecule has 1 aromatic rings. The third-order valence-electron chi connectivity index (χ3n) is 3.42. The molecule has 1 saturated carbocycles. The molecule has 1 aliphatic carbocycles. The first-order valence-electron chi connectivity index (χ1n) is 5.68. The van der Waals surface area contributed by atoms with E-state index in [-0.39, 0.29) is 22.8 Å². The second-order valence-electron chi connectivity index (χ2n) is 4.40. The van der Waals surface area contributed by atoms with E-state index in [0.29, 0.717) is 11.6 Å². The van der Waals surface area contributed by atoms with E-state index in [2.05, 4.69) is 0 Å². The summed E-state index contributed by atoms with van der Waals surface area (Å²) in [6.45, 7) is 2.08. The second kappa shape index (κ2) is 4.59. The first-order chi connectivity index (χ1) is 8.01. The Morgan fingerprint density at radius 1 is 1.41 bits per heavy atom.